The lowest BCUT2D eigenvalue weighted by molar-refractivity contribution is -0.136. The number of rotatable bonds is 7. The minimum absolute atomic E-state index is 0.0951. The largest absolute Gasteiger partial charge is 0.507 e. The van der Waals surface area contributed by atoms with Crippen molar-refractivity contribution in [2.75, 3.05) is 24.1 Å². The SMILES string of the molecule is Nc1nnc(-c2ccccc2O)cc1-c1ccc(C2CC3(C2)CN(C2CCC(Nc4cccc5c4C(=O)N(C4CCC(=O)NC4=O)C5=O)CC2)C3)cc1. The van der Waals surface area contributed by atoms with Gasteiger partial charge in [-0.3, -0.25) is 34.3 Å². The third kappa shape index (κ3) is 5.81. The number of aromatic nitrogens is 2. The second kappa shape index (κ2) is 12.8. The van der Waals surface area contributed by atoms with E-state index in [0.29, 0.717) is 51.3 Å². The highest BCUT2D eigenvalue weighted by Gasteiger charge is 2.54. The highest BCUT2D eigenvalue weighted by molar-refractivity contribution is 6.25. The van der Waals surface area contributed by atoms with Crippen molar-refractivity contribution < 1.29 is 24.3 Å². The molecule has 4 amide bonds. The van der Waals surface area contributed by atoms with Gasteiger partial charge in [0.05, 0.1) is 16.8 Å². The highest BCUT2D eigenvalue weighted by Crippen LogP contribution is 2.57. The summed E-state index contributed by atoms with van der Waals surface area (Å²) in [6.07, 6.45) is 6.70. The predicted molar refractivity (Wildman–Crippen MR) is 198 cm³/mol. The number of nitrogen functional groups attached to an aromatic ring is 1. The molecule has 53 heavy (non-hydrogen) atoms. The number of piperidine rings is 1. The van der Waals surface area contributed by atoms with Crippen LogP contribution in [0.5, 0.6) is 5.75 Å². The van der Waals surface area contributed by atoms with Crippen LogP contribution in [-0.2, 0) is 9.59 Å². The number of phenolic OH excluding ortho intramolecular Hbond substituents is 1. The number of aromatic hydroxyl groups is 1. The summed E-state index contributed by atoms with van der Waals surface area (Å²) in [5.74, 6) is -0.903. The van der Waals surface area contributed by atoms with Gasteiger partial charge in [-0.25, -0.2) is 0 Å². The van der Waals surface area contributed by atoms with Crippen molar-refractivity contribution in [1.29, 1.82) is 0 Å². The van der Waals surface area contributed by atoms with Gasteiger partial charge in [0.1, 0.15) is 11.8 Å². The van der Waals surface area contributed by atoms with E-state index in [0.717, 1.165) is 54.8 Å². The van der Waals surface area contributed by atoms with Crippen LogP contribution in [0.2, 0.25) is 0 Å². The number of nitrogens with two attached hydrogens (primary N) is 1. The molecule has 5 N–H and O–H groups in total. The molecule has 270 valence electrons. The molecule has 1 spiro atoms. The van der Waals surface area contributed by atoms with Crippen LogP contribution in [0, 0.1) is 5.41 Å². The molecule has 1 unspecified atom stereocenters. The summed E-state index contributed by atoms with van der Waals surface area (Å²) in [7, 11) is 0. The first kappa shape index (κ1) is 33.2. The molecule has 4 aromatic rings. The number of hydrogen-bond donors (Lipinski definition) is 4. The van der Waals surface area contributed by atoms with Crippen molar-refractivity contribution in [2.45, 2.75) is 75.4 Å². The molecule has 4 fully saturated rings. The van der Waals surface area contributed by atoms with E-state index in [9.17, 15) is 24.3 Å². The Hall–Kier alpha value is -5.62. The number of likely N-dealkylation sites (tertiary alicyclic amines) is 1. The molecule has 5 aliphatic rings. The average Bonchev–Trinajstić information content (AvgIpc) is 3.38. The van der Waals surface area contributed by atoms with Gasteiger partial charge in [-0.05, 0) is 97.7 Å². The van der Waals surface area contributed by atoms with Gasteiger partial charge in [0.2, 0.25) is 11.8 Å². The lowest BCUT2D eigenvalue weighted by Gasteiger charge is -2.62. The molecule has 0 radical (unpaired) electrons. The number of carbonyl (C=O) groups excluding carboxylic acids is 4. The summed E-state index contributed by atoms with van der Waals surface area (Å²) >= 11 is 0. The van der Waals surface area contributed by atoms with Gasteiger partial charge in [-0.15, -0.1) is 10.2 Å². The van der Waals surface area contributed by atoms with E-state index in [1.54, 1.807) is 24.3 Å². The van der Waals surface area contributed by atoms with Crippen molar-refractivity contribution in [3.63, 3.8) is 0 Å². The summed E-state index contributed by atoms with van der Waals surface area (Å²) in [6, 6.07) is 22.6. The van der Waals surface area contributed by atoms with Crippen molar-refractivity contribution in [3.05, 3.63) is 89.5 Å². The standard InChI is InChI=1S/C41H41N7O5/c42-37-30(18-32(45-46-37)28-4-1-2-7-34(28)49)24-10-8-23(9-11-24)25-19-41(20-25)21-47(22-41)27-14-12-26(13-15-27)43-31-6-3-5-29-36(31)40(53)48(39(29)52)33-16-17-35(50)44-38(33)51/h1-11,18,25-27,33,43,49H,12-17,19-22H2,(H2,42,46)(H,44,50,51). The van der Waals surface area contributed by atoms with Crippen LogP contribution in [0.4, 0.5) is 11.5 Å². The first-order valence-corrected chi connectivity index (χ1v) is 18.5. The smallest absolute Gasteiger partial charge is 0.264 e. The number of carbonyl (C=O) groups is 4. The molecule has 2 aliphatic carbocycles. The average molecular weight is 712 g/mol. The second-order valence-corrected chi connectivity index (χ2v) is 15.5. The Morgan fingerprint density at radius 1 is 0.811 bits per heavy atom. The molecular weight excluding hydrogens is 670 g/mol. The van der Waals surface area contributed by atoms with Crippen LogP contribution >= 0.6 is 0 Å². The molecule has 3 aliphatic heterocycles. The van der Waals surface area contributed by atoms with E-state index in [2.05, 4.69) is 50.0 Å². The first-order chi connectivity index (χ1) is 25.7. The molecule has 9 rings (SSSR count). The molecule has 12 nitrogen and oxygen atoms in total. The minimum Gasteiger partial charge on any atom is -0.507 e. The van der Waals surface area contributed by atoms with Crippen LogP contribution in [0.25, 0.3) is 22.4 Å². The summed E-state index contributed by atoms with van der Waals surface area (Å²) in [5.41, 5.74) is 12.2. The monoisotopic (exact) mass is 711 g/mol. The van der Waals surface area contributed by atoms with E-state index in [1.165, 1.54) is 18.4 Å². The molecule has 0 bridgehead atoms. The third-order valence-electron chi connectivity index (χ3n) is 12.2. The number of fused-ring (bicyclic) bond motifs is 1. The van der Waals surface area contributed by atoms with Crippen LogP contribution < -0.4 is 16.4 Å². The lowest BCUT2D eigenvalue weighted by Crippen LogP contribution is -2.64. The summed E-state index contributed by atoms with van der Waals surface area (Å²) in [4.78, 5) is 54.6. The number of anilines is 2. The lowest BCUT2D eigenvalue weighted by atomic mass is 9.55. The second-order valence-electron chi connectivity index (χ2n) is 15.5. The van der Waals surface area contributed by atoms with E-state index >= 15 is 0 Å². The predicted octanol–water partition coefficient (Wildman–Crippen LogP) is 5.10. The Bertz CT molecular complexity index is 2150. The van der Waals surface area contributed by atoms with Gasteiger partial charge < -0.3 is 16.2 Å². The maximum absolute atomic E-state index is 13.5. The molecule has 2 saturated carbocycles. The number of nitrogens with one attached hydrogen (secondary N) is 2. The number of imide groups is 2. The van der Waals surface area contributed by atoms with Crippen LogP contribution in [0.1, 0.15) is 83.6 Å². The number of para-hydroxylation sites is 1. The maximum atomic E-state index is 13.5. The van der Waals surface area contributed by atoms with E-state index < -0.39 is 23.8 Å². The van der Waals surface area contributed by atoms with Crippen molar-refractivity contribution >= 4 is 35.1 Å². The number of hydrogen-bond acceptors (Lipinski definition) is 10. The Morgan fingerprint density at radius 2 is 1.55 bits per heavy atom. The molecule has 12 heteroatoms. The Labute approximate surface area is 306 Å². The van der Waals surface area contributed by atoms with Crippen LogP contribution in [-0.4, -0.2) is 79.9 Å². The van der Waals surface area contributed by atoms with E-state index in [-0.39, 0.29) is 30.5 Å². The summed E-state index contributed by atoms with van der Waals surface area (Å²) < 4.78 is 0. The first-order valence-electron chi connectivity index (χ1n) is 18.5. The zero-order valence-electron chi connectivity index (χ0n) is 29.3. The normalized spacial score (nSPS) is 24.1. The fraction of sp³-hybridized carbons (Fsp3) is 0.366. The fourth-order valence-corrected chi connectivity index (χ4v) is 9.38. The number of phenols is 1. The van der Waals surface area contributed by atoms with Gasteiger partial charge in [0, 0.05) is 48.4 Å². The van der Waals surface area contributed by atoms with Crippen molar-refractivity contribution in [1.82, 2.24) is 25.3 Å². The third-order valence-corrected chi connectivity index (χ3v) is 12.2. The van der Waals surface area contributed by atoms with Gasteiger partial charge in [-0.2, -0.15) is 0 Å². The molecule has 2 saturated heterocycles. The molecular formula is C41H41N7O5. The van der Waals surface area contributed by atoms with Gasteiger partial charge >= 0.3 is 0 Å². The van der Waals surface area contributed by atoms with E-state index in [1.807, 2.05) is 24.3 Å². The summed E-state index contributed by atoms with van der Waals surface area (Å²) in [5, 5.41) is 24.5. The molecule has 1 aromatic heterocycles. The number of amides is 4. The van der Waals surface area contributed by atoms with Gasteiger partial charge in [-0.1, -0.05) is 42.5 Å². The number of nitrogens with zero attached hydrogens (tertiary/aromatic N) is 4. The topological polar surface area (TPSA) is 171 Å². The minimum atomic E-state index is -0.975. The van der Waals surface area contributed by atoms with Crippen LogP contribution in [0.15, 0.2) is 72.8 Å². The van der Waals surface area contributed by atoms with Gasteiger partial charge in [0.25, 0.3) is 11.8 Å². The van der Waals surface area contributed by atoms with Crippen molar-refractivity contribution in [3.8, 4) is 28.1 Å². The maximum Gasteiger partial charge on any atom is 0.264 e. The van der Waals surface area contributed by atoms with Crippen molar-refractivity contribution in [2.24, 2.45) is 5.41 Å². The zero-order valence-corrected chi connectivity index (χ0v) is 29.3. The molecule has 4 heterocycles. The molecule has 3 aromatic carbocycles. The highest BCUT2D eigenvalue weighted by atomic mass is 16.3. The summed E-state index contributed by atoms with van der Waals surface area (Å²) in [6.45, 7) is 2.27. The van der Waals surface area contributed by atoms with Crippen LogP contribution in [0.3, 0.4) is 0 Å². The fourth-order valence-electron chi connectivity index (χ4n) is 9.38. The Kier molecular flexibility index (Phi) is 8.03. The molecule has 1 atom stereocenters. The van der Waals surface area contributed by atoms with Gasteiger partial charge in [0.15, 0.2) is 5.82 Å². The Balaban J connectivity index is 0.771. The van der Waals surface area contributed by atoms with E-state index in [4.69, 9.17) is 5.73 Å². The number of benzene rings is 3. The zero-order chi connectivity index (χ0) is 36.4. The Morgan fingerprint density at radius 3 is 2.28 bits per heavy atom. The quantitative estimate of drug-likeness (QED) is 0.189.